The van der Waals surface area contributed by atoms with Gasteiger partial charge in [-0.05, 0) is 34.4 Å². The van der Waals surface area contributed by atoms with Crippen molar-refractivity contribution in [1.29, 1.82) is 0 Å². The molecule has 0 aliphatic carbocycles. The summed E-state index contributed by atoms with van der Waals surface area (Å²) in [5, 5.41) is 0. The van der Waals surface area contributed by atoms with Crippen LogP contribution in [0.25, 0.3) is 36.5 Å². The number of rotatable bonds is 8. The second-order valence-corrected chi connectivity index (χ2v) is 9.01. The van der Waals surface area contributed by atoms with Crippen LogP contribution < -0.4 is 4.52 Å². The molecule has 4 aromatic rings. The minimum absolute atomic E-state index is 0.120. The average molecular weight is 481 g/mol. The molecule has 0 saturated heterocycles. The fraction of sp³-hybridized carbons (Fsp3) is 0. The van der Waals surface area contributed by atoms with Gasteiger partial charge in [0.05, 0.1) is 0 Å². The molecule has 0 bridgehead atoms. The summed E-state index contributed by atoms with van der Waals surface area (Å²) >= 11 is 0. The van der Waals surface area contributed by atoms with E-state index in [1.165, 1.54) is 0 Å². The first-order chi connectivity index (χ1) is 17.0. The van der Waals surface area contributed by atoms with Gasteiger partial charge in [-0.25, -0.2) is 4.57 Å². The molecule has 0 saturated carbocycles. The summed E-state index contributed by atoms with van der Waals surface area (Å²) in [5.74, 6) is 0.120. The van der Waals surface area contributed by atoms with Gasteiger partial charge in [-0.15, -0.1) is 0 Å². The smallest absolute Gasteiger partial charge is 0.403 e. The zero-order valence-electron chi connectivity index (χ0n) is 18.9. The Bertz CT molecular complexity index is 1320. The van der Waals surface area contributed by atoms with E-state index in [2.05, 4.69) is 0 Å². The summed E-state index contributed by atoms with van der Waals surface area (Å²) in [5.41, 5.74) is 4.95. The number of phosphoric acid groups is 1. The Morgan fingerprint density at radius 3 is 1.23 bits per heavy atom. The van der Waals surface area contributed by atoms with Crippen molar-refractivity contribution in [2.45, 2.75) is 0 Å². The summed E-state index contributed by atoms with van der Waals surface area (Å²) in [6.45, 7) is 0. The first-order valence-corrected chi connectivity index (χ1v) is 12.6. The third kappa shape index (κ3) is 7.53. The van der Waals surface area contributed by atoms with Crippen LogP contribution in [0.1, 0.15) is 33.4 Å². The molecule has 4 rings (SSSR count). The number of benzene rings is 4. The average Bonchev–Trinajstić information content (AvgIpc) is 2.87. The molecule has 174 valence electrons. The first-order valence-electron chi connectivity index (χ1n) is 11.1. The maximum Gasteiger partial charge on any atom is 0.524 e. The lowest BCUT2D eigenvalue weighted by molar-refractivity contribution is 0.283. The third-order valence-electron chi connectivity index (χ3n) is 5.16. The highest BCUT2D eigenvalue weighted by molar-refractivity contribution is 7.46. The summed E-state index contributed by atoms with van der Waals surface area (Å²) in [6.07, 6.45) is 11.3. The van der Waals surface area contributed by atoms with Crippen LogP contribution in [-0.2, 0) is 4.57 Å². The Balaban J connectivity index is 1.82. The molecule has 0 aliphatic heterocycles. The van der Waals surface area contributed by atoms with E-state index in [1.807, 2.05) is 127 Å². The maximum absolute atomic E-state index is 11.9. The predicted octanol–water partition coefficient (Wildman–Crippen LogP) is 7.67. The molecule has 0 aromatic heterocycles. The van der Waals surface area contributed by atoms with E-state index in [0.717, 1.165) is 22.3 Å². The van der Waals surface area contributed by atoms with Crippen molar-refractivity contribution in [2.75, 3.05) is 0 Å². The van der Waals surface area contributed by atoms with E-state index in [4.69, 9.17) is 4.52 Å². The van der Waals surface area contributed by atoms with Crippen molar-refractivity contribution in [1.82, 2.24) is 0 Å². The summed E-state index contributed by atoms with van der Waals surface area (Å²) in [4.78, 5) is 19.3. The molecule has 0 amide bonds. The standard InChI is InChI=1S/C30H25O4P/c31-35(32,33)34-30-28(20-18-25-12-6-2-7-13-25)22-27(17-16-24-10-4-1-5-11-24)23-29(30)21-19-26-14-8-3-9-15-26/h1-23H,(H2,31,32,33)/b17-16+,20-18+,21-19+. The lowest BCUT2D eigenvalue weighted by Crippen LogP contribution is -1.96. The fourth-order valence-electron chi connectivity index (χ4n) is 3.52. The summed E-state index contributed by atoms with van der Waals surface area (Å²) < 4.78 is 17.1. The van der Waals surface area contributed by atoms with Crippen LogP contribution in [0, 0.1) is 0 Å². The topological polar surface area (TPSA) is 66.8 Å². The first kappa shape index (κ1) is 24.2. The SMILES string of the molecule is O=P(O)(O)Oc1c(/C=C/c2ccccc2)cc(/C=C/c2ccccc2)cc1/C=C/c1ccccc1. The monoisotopic (exact) mass is 480 g/mol. The molecule has 0 atom stereocenters. The van der Waals surface area contributed by atoms with Gasteiger partial charge < -0.3 is 4.52 Å². The van der Waals surface area contributed by atoms with E-state index >= 15 is 0 Å². The van der Waals surface area contributed by atoms with E-state index in [9.17, 15) is 14.4 Å². The molecule has 5 heteroatoms. The predicted molar refractivity (Wildman–Crippen MR) is 145 cm³/mol. The minimum atomic E-state index is -4.80. The molecule has 4 nitrogen and oxygen atoms in total. The van der Waals surface area contributed by atoms with Crippen molar-refractivity contribution in [3.8, 4) is 5.75 Å². The second kappa shape index (κ2) is 11.5. The Morgan fingerprint density at radius 2 is 0.857 bits per heavy atom. The fourth-order valence-corrected chi connectivity index (χ4v) is 3.97. The number of hydrogen-bond donors (Lipinski definition) is 2. The van der Waals surface area contributed by atoms with Crippen molar-refractivity contribution in [3.05, 3.63) is 137 Å². The molecule has 2 N–H and O–H groups in total. The van der Waals surface area contributed by atoms with Crippen LogP contribution in [0.3, 0.4) is 0 Å². The molecule has 4 aromatic carbocycles. The highest BCUT2D eigenvalue weighted by Gasteiger charge is 2.20. The molecular weight excluding hydrogens is 455 g/mol. The zero-order valence-corrected chi connectivity index (χ0v) is 19.8. The quantitative estimate of drug-likeness (QED) is 0.201. The van der Waals surface area contributed by atoms with Crippen LogP contribution in [-0.4, -0.2) is 9.79 Å². The summed E-state index contributed by atoms with van der Waals surface area (Å²) in [7, 11) is -4.80. The van der Waals surface area contributed by atoms with Gasteiger partial charge in [-0.2, -0.15) is 0 Å². The van der Waals surface area contributed by atoms with Crippen LogP contribution in [0.5, 0.6) is 5.75 Å². The van der Waals surface area contributed by atoms with Gasteiger partial charge in [0.15, 0.2) is 0 Å². The van der Waals surface area contributed by atoms with Gasteiger partial charge >= 0.3 is 7.82 Å². The molecule has 35 heavy (non-hydrogen) atoms. The van der Waals surface area contributed by atoms with E-state index in [-0.39, 0.29) is 5.75 Å². The Hall–Kier alpha value is -3.95. The molecule has 0 heterocycles. The van der Waals surface area contributed by atoms with Crippen molar-refractivity contribution in [3.63, 3.8) is 0 Å². The van der Waals surface area contributed by atoms with Crippen LogP contribution in [0.15, 0.2) is 103 Å². The third-order valence-corrected chi connectivity index (χ3v) is 5.58. The molecule has 0 spiro atoms. The highest BCUT2D eigenvalue weighted by Crippen LogP contribution is 2.42. The van der Waals surface area contributed by atoms with Gasteiger partial charge in [0, 0.05) is 11.1 Å². The van der Waals surface area contributed by atoms with E-state index in [0.29, 0.717) is 11.1 Å². The number of phosphoric ester groups is 1. The van der Waals surface area contributed by atoms with E-state index in [1.54, 1.807) is 12.2 Å². The van der Waals surface area contributed by atoms with Crippen LogP contribution in [0.2, 0.25) is 0 Å². The Morgan fingerprint density at radius 1 is 0.514 bits per heavy atom. The highest BCUT2D eigenvalue weighted by atomic mass is 31.2. The summed E-state index contributed by atoms with van der Waals surface area (Å²) in [6, 6.07) is 33.0. The van der Waals surface area contributed by atoms with Gasteiger partial charge in [0.2, 0.25) is 0 Å². The van der Waals surface area contributed by atoms with E-state index < -0.39 is 7.82 Å². The minimum Gasteiger partial charge on any atom is -0.403 e. The molecular formula is C30H25O4P. The molecule has 0 radical (unpaired) electrons. The van der Waals surface area contributed by atoms with Crippen molar-refractivity contribution in [2.24, 2.45) is 0 Å². The number of hydrogen-bond acceptors (Lipinski definition) is 2. The zero-order chi connectivity index (χ0) is 24.5. The second-order valence-electron chi connectivity index (χ2n) is 7.84. The van der Waals surface area contributed by atoms with Crippen LogP contribution in [0.4, 0.5) is 0 Å². The lowest BCUT2D eigenvalue weighted by Gasteiger charge is -2.14. The van der Waals surface area contributed by atoms with Crippen molar-refractivity contribution >= 4 is 44.3 Å². The maximum atomic E-state index is 11.9. The molecule has 0 unspecified atom stereocenters. The molecule has 0 aliphatic rings. The van der Waals surface area contributed by atoms with Gasteiger partial charge in [0.25, 0.3) is 0 Å². The van der Waals surface area contributed by atoms with Crippen LogP contribution >= 0.6 is 7.82 Å². The lowest BCUT2D eigenvalue weighted by atomic mass is 10.0. The van der Waals surface area contributed by atoms with Gasteiger partial charge in [0.1, 0.15) is 5.75 Å². The van der Waals surface area contributed by atoms with Gasteiger partial charge in [-0.1, -0.05) is 127 Å². The van der Waals surface area contributed by atoms with Gasteiger partial charge in [-0.3, -0.25) is 9.79 Å². The largest absolute Gasteiger partial charge is 0.524 e. The Labute approximate surface area is 205 Å². The van der Waals surface area contributed by atoms with Crippen molar-refractivity contribution < 1.29 is 18.9 Å². The normalized spacial score (nSPS) is 12.1. The molecule has 0 fully saturated rings. The Kier molecular flexibility index (Phi) is 7.92.